The Bertz CT molecular complexity index is 294. The Morgan fingerprint density at radius 2 is 2.35 bits per heavy atom. The van der Waals surface area contributed by atoms with Crippen molar-refractivity contribution in [1.29, 1.82) is 0 Å². The van der Waals surface area contributed by atoms with Crippen LogP contribution in [0.25, 0.3) is 0 Å². The van der Waals surface area contributed by atoms with Gasteiger partial charge < -0.3 is 20.6 Å². The number of nitrogens with two attached hydrogens (primary N) is 1. The molecule has 1 aliphatic heterocycles. The fourth-order valence-electron chi connectivity index (χ4n) is 2.01. The first-order chi connectivity index (χ1) is 8.08. The van der Waals surface area contributed by atoms with Gasteiger partial charge in [-0.1, -0.05) is 12.1 Å². The van der Waals surface area contributed by atoms with Gasteiger partial charge in [-0.15, -0.1) is 0 Å². The summed E-state index contributed by atoms with van der Waals surface area (Å²) in [6, 6.07) is 0. The van der Waals surface area contributed by atoms with Crippen LogP contribution in [0, 0.1) is 5.92 Å². The van der Waals surface area contributed by atoms with Crippen LogP contribution in [0.4, 0.5) is 0 Å². The zero-order valence-corrected chi connectivity index (χ0v) is 10.4. The van der Waals surface area contributed by atoms with Crippen LogP contribution in [0.2, 0.25) is 0 Å². The van der Waals surface area contributed by atoms with Gasteiger partial charge in [0.1, 0.15) is 0 Å². The predicted octanol–water partition coefficient (Wildman–Crippen LogP) is 0.396. The smallest absolute Gasteiger partial charge is 0.228 e. The van der Waals surface area contributed by atoms with E-state index < -0.39 is 0 Å². The maximum atomic E-state index is 12.2. The third kappa shape index (κ3) is 3.89. The minimum atomic E-state index is -0.0944. The van der Waals surface area contributed by atoms with Crippen LogP contribution in [-0.2, 0) is 9.53 Å². The van der Waals surface area contributed by atoms with Gasteiger partial charge in [0.05, 0.1) is 25.2 Å². The number of rotatable bonds is 5. The van der Waals surface area contributed by atoms with Gasteiger partial charge >= 0.3 is 0 Å². The van der Waals surface area contributed by atoms with Crippen molar-refractivity contribution < 1.29 is 14.7 Å². The van der Waals surface area contributed by atoms with Gasteiger partial charge in [0.15, 0.2) is 5.84 Å². The third-order valence-corrected chi connectivity index (χ3v) is 2.83. The lowest BCUT2D eigenvalue weighted by Gasteiger charge is -2.24. The van der Waals surface area contributed by atoms with Crippen molar-refractivity contribution in [1.82, 2.24) is 4.90 Å². The molecule has 6 heteroatoms. The molecule has 0 spiro atoms. The van der Waals surface area contributed by atoms with Gasteiger partial charge in [0, 0.05) is 6.54 Å². The molecule has 6 nitrogen and oxygen atoms in total. The summed E-state index contributed by atoms with van der Waals surface area (Å²) in [5.41, 5.74) is 5.44. The second kappa shape index (κ2) is 6.44. The highest BCUT2D eigenvalue weighted by atomic mass is 16.5. The second-order valence-corrected chi connectivity index (χ2v) is 4.43. The molecule has 0 aromatic rings. The van der Waals surface area contributed by atoms with Crippen molar-refractivity contribution in [3.05, 3.63) is 0 Å². The molecule has 1 saturated heterocycles. The van der Waals surface area contributed by atoms with E-state index in [0.29, 0.717) is 13.2 Å². The van der Waals surface area contributed by atoms with Gasteiger partial charge in [-0.05, 0) is 19.8 Å². The van der Waals surface area contributed by atoms with E-state index in [1.54, 1.807) is 4.90 Å². The molecule has 2 atom stereocenters. The summed E-state index contributed by atoms with van der Waals surface area (Å²) >= 11 is 0. The first-order valence-corrected chi connectivity index (χ1v) is 5.95. The molecule has 17 heavy (non-hydrogen) atoms. The summed E-state index contributed by atoms with van der Waals surface area (Å²) < 4.78 is 5.39. The Balaban J connectivity index is 2.60. The van der Waals surface area contributed by atoms with Gasteiger partial charge in [0.2, 0.25) is 5.91 Å². The molecule has 1 fully saturated rings. The molecule has 0 radical (unpaired) electrons. The first-order valence-electron chi connectivity index (χ1n) is 5.95. The van der Waals surface area contributed by atoms with Crippen LogP contribution in [0.3, 0.4) is 0 Å². The van der Waals surface area contributed by atoms with E-state index in [-0.39, 0.29) is 30.3 Å². The number of ether oxygens (including phenoxy) is 1. The minimum absolute atomic E-state index is 0.0304. The molecule has 3 N–H and O–H groups in total. The number of carbonyl (C=O) groups excluding carboxylic acids is 1. The average molecular weight is 243 g/mol. The van der Waals surface area contributed by atoms with Crippen LogP contribution in [0.1, 0.15) is 26.7 Å². The van der Waals surface area contributed by atoms with Gasteiger partial charge in [0.25, 0.3) is 0 Å². The third-order valence-electron chi connectivity index (χ3n) is 2.83. The van der Waals surface area contributed by atoms with Crippen molar-refractivity contribution in [2.45, 2.75) is 32.8 Å². The Labute approximate surface area is 101 Å². The Hall–Kier alpha value is -1.30. The number of hydrogen-bond donors (Lipinski definition) is 2. The molecular formula is C11H21N3O3. The standard InChI is InChI=1S/C11H21N3O3/c1-3-4-14(6-10(12)13-16)11(15)9-5-8(2)17-7-9/h8-9,16H,3-7H2,1-2H3,(H2,12,13). The summed E-state index contributed by atoms with van der Waals surface area (Å²) in [5, 5.41) is 11.4. The molecule has 1 heterocycles. The normalized spacial score (nSPS) is 24.9. The monoisotopic (exact) mass is 243 g/mol. The van der Waals surface area contributed by atoms with Crippen LogP contribution >= 0.6 is 0 Å². The van der Waals surface area contributed by atoms with Crippen molar-refractivity contribution in [3.63, 3.8) is 0 Å². The fraction of sp³-hybridized carbons (Fsp3) is 0.818. The maximum Gasteiger partial charge on any atom is 0.228 e. The second-order valence-electron chi connectivity index (χ2n) is 4.43. The van der Waals surface area contributed by atoms with Crippen molar-refractivity contribution >= 4 is 11.7 Å². The SMILES string of the molecule is CCCN(CC(N)=NO)C(=O)C1COC(C)C1. The molecule has 0 aliphatic carbocycles. The lowest BCUT2D eigenvalue weighted by Crippen LogP contribution is -2.42. The number of amidine groups is 1. The van der Waals surface area contributed by atoms with E-state index in [9.17, 15) is 4.79 Å². The number of hydrogen-bond acceptors (Lipinski definition) is 4. The zero-order valence-electron chi connectivity index (χ0n) is 10.4. The molecule has 1 aliphatic rings. The van der Waals surface area contributed by atoms with Crippen molar-refractivity contribution in [3.8, 4) is 0 Å². The minimum Gasteiger partial charge on any atom is -0.409 e. The van der Waals surface area contributed by atoms with Crippen LogP contribution in [0.5, 0.6) is 0 Å². The van der Waals surface area contributed by atoms with Gasteiger partial charge in [-0.25, -0.2) is 0 Å². The largest absolute Gasteiger partial charge is 0.409 e. The topological polar surface area (TPSA) is 88.1 Å². The molecule has 1 rings (SSSR count). The Morgan fingerprint density at radius 1 is 1.65 bits per heavy atom. The first kappa shape index (κ1) is 13.8. The zero-order chi connectivity index (χ0) is 12.8. The van der Waals surface area contributed by atoms with E-state index in [1.807, 2.05) is 13.8 Å². The van der Waals surface area contributed by atoms with Crippen LogP contribution < -0.4 is 5.73 Å². The fourth-order valence-corrected chi connectivity index (χ4v) is 2.01. The highest BCUT2D eigenvalue weighted by molar-refractivity contribution is 5.87. The van der Waals surface area contributed by atoms with Crippen LogP contribution in [-0.4, -0.2) is 47.7 Å². The molecular weight excluding hydrogens is 222 g/mol. The summed E-state index contributed by atoms with van der Waals surface area (Å²) in [6.45, 7) is 5.20. The van der Waals surface area contributed by atoms with E-state index in [2.05, 4.69) is 5.16 Å². The molecule has 0 aromatic heterocycles. The summed E-state index contributed by atoms with van der Waals surface area (Å²) in [6.07, 6.45) is 1.72. The number of nitrogens with zero attached hydrogens (tertiary/aromatic N) is 2. The Kier molecular flexibility index (Phi) is 5.21. The lowest BCUT2D eigenvalue weighted by molar-refractivity contribution is -0.134. The Morgan fingerprint density at radius 3 is 2.82 bits per heavy atom. The summed E-state index contributed by atoms with van der Waals surface area (Å²) in [4.78, 5) is 13.8. The molecule has 0 saturated carbocycles. The molecule has 98 valence electrons. The number of oxime groups is 1. The van der Waals surface area contributed by atoms with Gasteiger partial charge in [-0.3, -0.25) is 4.79 Å². The summed E-state index contributed by atoms with van der Waals surface area (Å²) in [5.74, 6) is -0.00962. The van der Waals surface area contributed by atoms with Gasteiger partial charge in [-0.2, -0.15) is 0 Å². The van der Waals surface area contributed by atoms with E-state index in [0.717, 1.165) is 12.8 Å². The van der Waals surface area contributed by atoms with E-state index >= 15 is 0 Å². The average Bonchev–Trinajstić information content (AvgIpc) is 2.74. The van der Waals surface area contributed by atoms with Crippen molar-refractivity contribution in [2.24, 2.45) is 16.8 Å². The number of carbonyl (C=O) groups is 1. The predicted molar refractivity (Wildman–Crippen MR) is 63.8 cm³/mol. The quantitative estimate of drug-likeness (QED) is 0.316. The highest BCUT2D eigenvalue weighted by Crippen LogP contribution is 2.21. The lowest BCUT2D eigenvalue weighted by atomic mass is 10.0. The van der Waals surface area contributed by atoms with E-state index in [4.69, 9.17) is 15.7 Å². The van der Waals surface area contributed by atoms with E-state index in [1.165, 1.54) is 0 Å². The summed E-state index contributed by atoms with van der Waals surface area (Å²) in [7, 11) is 0. The molecule has 2 unspecified atom stereocenters. The maximum absolute atomic E-state index is 12.2. The van der Waals surface area contributed by atoms with Crippen molar-refractivity contribution in [2.75, 3.05) is 19.7 Å². The molecule has 0 aromatic carbocycles. The molecule has 0 bridgehead atoms. The number of amides is 1. The molecule has 1 amide bonds. The highest BCUT2D eigenvalue weighted by Gasteiger charge is 2.31. The van der Waals surface area contributed by atoms with Crippen LogP contribution in [0.15, 0.2) is 5.16 Å².